The fourth-order valence-corrected chi connectivity index (χ4v) is 10.2. The topological polar surface area (TPSA) is 194 Å². The van der Waals surface area contributed by atoms with E-state index in [0.29, 0.717) is 49.4 Å². The number of unbranched alkanes of at least 4 members (excludes halogenated alkanes) is 11. The molecule has 14 nitrogen and oxygen atoms in total. The maximum absolute atomic E-state index is 14.0. The predicted molar refractivity (Wildman–Crippen MR) is 267 cm³/mol. The van der Waals surface area contributed by atoms with E-state index in [-0.39, 0.29) is 48.3 Å². The molecule has 15 heteroatoms. The normalized spacial score (nSPS) is 16.8. The smallest absolute Gasteiger partial charge is 0.246 e. The molecule has 0 bridgehead atoms. The molecule has 0 saturated carbocycles. The zero-order chi connectivity index (χ0) is 48.2. The third-order valence-corrected chi connectivity index (χ3v) is 14.5. The van der Waals surface area contributed by atoms with Crippen LogP contribution in [0.5, 0.6) is 5.75 Å². The Bertz CT molecular complexity index is 2470. The van der Waals surface area contributed by atoms with Crippen molar-refractivity contribution in [1.29, 1.82) is 0 Å². The molecule has 2 aliphatic rings. The fraction of sp³-hybridized carbons (Fsp3) is 0.528. The Morgan fingerprint density at radius 2 is 1.49 bits per heavy atom. The number of aromatic hydroxyl groups is 1. The molecule has 2 aliphatic heterocycles. The van der Waals surface area contributed by atoms with Gasteiger partial charge in [0.1, 0.15) is 17.8 Å². The number of aliphatic hydroxyl groups excluding tert-OH is 1. The molecule has 3 aromatic heterocycles. The molecule has 2 saturated heterocycles. The van der Waals surface area contributed by atoms with Crippen LogP contribution in [0, 0.1) is 12.3 Å². The number of aryl methyl sites for hydroxylation is 1. The lowest BCUT2D eigenvalue weighted by atomic mass is 9.85. The molecule has 4 amide bonds. The van der Waals surface area contributed by atoms with Crippen molar-refractivity contribution >= 4 is 46.0 Å². The molecular weight excluding hydrogens is 877 g/mol. The molecule has 0 spiro atoms. The average Bonchev–Trinajstić information content (AvgIpc) is 4.04. The second-order valence-electron chi connectivity index (χ2n) is 20.0. The van der Waals surface area contributed by atoms with Gasteiger partial charge in [0.25, 0.3) is 0 Å². The number of fused-ring (bicyclic) bond motifs is 1. The van der Waals surface area contributed by atoms with E-state index in [1.807, 2.05) is 80.6 Å². The van der Waals surface area contributed by atoms with Crippen LogP contribution in [-0.4, -0.2) is 102 Å². The molecule has 364 valence electrons. The number of aliphatic hydroxyl groups is 1. The van der Waals surface area contributed by atoms with E-state index in [4.69, 9.17) is 0 Å². The summed E-state index contributed by atoms with van der Waals surface area (Å²) in [6.07, 6.45) is 13.3. The van der Waals surface area contributed by atoms with Crippen LogP contribution >= 0.6 is 11.3 Å². The number of nitrogens with one attached hydrogen (secondary N) is 3. The monoisotopic (exact) mass is 947 g/mol. The minimum atomic E-state index is -0.830. The third-order valence-electron chi connectivity index (χ3n) is 13.5. The summed E-state index contributed by atoms with van der Waals surface area (Å²) in [5, 5.41) is 36.3. The van der Waals surface area contributed by atoms with E-state index in [1.54, 1.807) is 23.5 Å². The Morgan fingerprint density at radius 1 is 0.838 bits per heavy atom. The molecule has 2 fully saturated rings. The number of likely N-dealkylation sites (tertiary alicyclic amines) is 2. The number of benzene rings is 2. The number of β-amino-alcohol motifs (C(OH)–C–C–N with tert-alkyl or cyclic N) is 1. The first-order valence-corrected chi connectivity index (χ1v) is 25.6. The summed E-state index contributed by atoms with van der Waals surface area (Å²) in [5.74, 6) is -0.175. The van der Waals surface area contributed by atoms with Crippen LogP contribution in [0.3, 0.4) is 0 Å². The number of para-hydroxylation sites is 1. The molecule has 68 heavy (non-hydrogen) atoms. The van der Waals surface area contributed by atoms with Gasteiger partial charge in [-0.2, -0.15) is 0 Å². The maximum atomic E-state index is 14.0. The van der Waals surface area contributed by atoms with Crippen LogP contribution in [0.4, 0.5) is 0 Å². The molecule has 0 radical (unpaired) electrons. The fourth-order valence-electron chi connectivity index (χ4n) is 9.38. The number of phenolic OH excluding ortho intramolecular Hbond substituents is 1. The first kappa shape index (κ1) is 50.2. The number of aromatic amines is 1. The second-order valence-corrected chi connectivity index (χ2v) is 20.8. The molecule has 0 unspecified atom stereocenters. The van der Waals surface area contributed by atoms with Gasteiger partial charge in [-0.15, -0.1) is 21.5 Å². The third kappa shape index (κ3) is 13.3. The maximum Gasteiger partial charge on any atom is 0.246 e. The summed E-state index contributed by atoms with van der Waals surface area (Å²) in [4.78, 5) is 65.6. The summed E-state index contributed by atoms with van der Waals surface area (Å²) in [6, 6.07) is 17.4. The van der Waals surface area contributed by atoms with Gasteiger partial charge < -0.3 is 35.6 Å². The largest absolute Gasteiger partial charge is 0.507 e. The van der Waals surface area contributed by atoms with Crippen LogP contribution in [0.2, 0.25) is 0 Å². The predicted octanol–water partition coefficient (Wildman–Crippen LogP) is 8.96. The van der Waals surface area contributed by atoms with Gasteiger partial charge in [0.15, 0.2) is 5.65 Å². The van der Waals surface area contributed by atoms with Crippen LogP contribution in [0.15, 0.2) is 66.2 Å². The van der Waals surface area contributed by atoms with E-state index in [2.05, 4.69) is 36.9 Å². The van der Waals surface area contributed by atoms with Gasteiger partial charge in [0.05, 0.1) is 27.9 Å². The van der Waals surface area contributed by atoms with Crippen molar-refractivity contribution in [1.82, 2.24) is 40.6 Å². The summed E-state index contributed by atoms with van der Waals surface area (Å²) in [7, 11) is 0. The minimum absolute atomic E-state index is 0.0450. The van der Waals surface area contributed by atoms with Crippen LogP contribution in [-0.2, 0) is 25.7 Å². The number of aromatic nitrogens is 4. The average molecular weight is 947 g/mol. The number of amides is 4. The Morgan fingerprint density at radius 3 is 2.12 bits per heavy atom. The molecule has 5 heterocycles. The lowest BCUT2D eigenvalue weighted by Crippen LogP contribution is -2.57. The molecule has 0 aliphatic carbocycles. The van der Waals surface area contributed by atoms with Crippen molar-refractivity contribution < 1.29 is 29.4 Å². The first-order chi connectivity index (χ1) is 32.7. The number of phenols is 1. The highest BCUT2D eigenvalue weighted by atomic mass is 32.1. The van der Waals surface area contributed by atoms with Crippen molar-refractivity contribution in [2.45, 2.75) is 155 Å². The Labute approximate surface area is 404 Å². The quantitative estimate of drug-likeness (QED) is 0.0398. The first-order valence-electron chi connectivity index (χ1n) is 24.7. The lowest BCUT2D eigenvalue weighted by molar-refractivity contribution is -0.144. The highest BCUT2D eigenvalue weighted by molar-refractivity contribution is 7.13. The summed E-state index contributed by atoms with van der Waals surface area (Å²) < 4.78 is 0. The van der Waals surface area contributed by atoms with Crippen LogP contribution in [0.25, 0.3) is 32.7 Å². The van der Waals surface area contributed by atoms with Gasteiger partial charge in [0.2, 0.25) is 23.6 Å². The number of H-pyrrole nitrogens is 1. The number of nitrogens with zero attached hydrogens (tertiary/aromatic N) is 5. The van der Waals surface area contributed by atoms with E-state index in [1.165, 1.54) is 37.0 Å². The standard InChI is InChI=1S/C53H70N8O6S/c1-35-48(68-34-55-35)37-25-23-36(24-26-37)30-54-51(66)44-29-40(62)33-61(44)52(67)49(53(2,3)4)57-46(64)21-15-13-11-9-7-5-6-8-10-12-14-16-22-47(65)60-31-39(32-60)42-27-38-28-43(58-59-50(38)56-42)41-19-17-18-20-45(41)63/h17-20,23-28,34,39-40,44,49,62-63H,5-16,21-22,29-33H2,1-4H3,(H,54,66)(H,56,59)(H,57,64)/t40-,44+,49-/m1/s1. The highest BCUT2D eigenvalue weighted by Gasteiger charge is 2.44. The van der Waals surface area contributed by atoms with Crippen molar-refractivity contribution in [3.05, 3.63) is 83.1 Å². The van der Waals surface area contributed by atoms with Gasteiger partial charge in [-0.05, 0) is 60.6 Å². The molecule has 2 aromatic carbocycles. The minimum Gasteiger partial charge on any atom is -0.507 e. The number of hydrogen-bond donors (Lipinski definition) is 5. The second kappa shape index (κ2) is 23.6. The number of hydrogen-bond acceptors (Lipinski definition) is 10. The number of carbonyl (C=O) groups excluding carboxylic acids is 4. The van der Waals surface area contributed by atoms with Gasteiger partial charge in [-0.1, -0.05) is 121 Å². The van der Waals surface area contributed by atoms with Crippen molar-refractivity contribution in [3.8, 4) is 27.4 Å². The zero-order valence-electron chi connectivity index (χ0n) is 40.3. The summed E-state index contributed by atoms with van der Waals surface area (Å²) in [6.45, 7) is 9.46. The van der Waals surface area contributed by atoms with E-state index in [0.717, 1.165) is 77.7 Å². The molecule has 3 atom stereocenters. The Kier molecular flexibility index (Phi) is 17.4. The van der Waals surface area contributed by atoms with E-state index >= 15 is 0 Å². The number of rotatable bonds is 23. The number of carbonyl (C=O) groups is 4. The molecule has 5 N–H and O–H groups in total. The molecule has 7 rings (SSSR count). The van der Waals surface area contributed by atoms with Gasteiger partial charge in [-0.25, -0.2) is 4.98 Å². The van der Waals surface area contributed by atoms with Crippen molar-refractivity contribution in [2.75, 3.05) is 19.6 Å². The lowest BCUT2D eigenvalue weighted by Gasteiger charge is -2.39. The summed E-state index contributed by atoms with van der Waals surface area (Å²) >= 11 is 1.59. The van der Waals surface area contributed by atoms with Gasteiger partial charge in [-0.3, -0.25) is 19.2 Å². The highest BCUT2D eigenvalue weighted by Crippen LogP contribution is 2.33. The van der Waals surface area contributed by atoms with E-state index in [9.17, 15) is 29.4 Å². The SMILES string of the molecule is Cc1ncsc1-c1ccc(CNC(=O)[C@@H]2C[C@@H](O)CN2C(=O)[C@@H](NC(=O)CCCCCCCCCCCCCCC(=O)N2CC(c3cc4cc(-c5ccccc5O)nnc4[nH]3)C2)C(C)(C)C)cc1. The molecule has 5 aromatic rings. The van der Waals surface area contributed by atoms with E-state index < -0.39 is 23.6 Å². The molecular formula is C53H70N8O6S. The number of thiazole rings is 1. The summed E-state index contributed by atoms with van der Waals surface area (Å²) in [5.41, 5.74) is 7.24. The van der Waals surface area contributed by atoms with Crippen molar-refractivity contribution in [3.63, 3.8) is 0 Å². The zero-order valence-corrected chi connectivity index (χ0v) is 41.1. The van der Waals surface area contributed by atoms with Gasteiger partial charge in [0, 0.05) is 68.0 Å². The van der Waals surface area contributed by atoms with Gasteiger partial charge >= 0.3 is 0 Å². The van der Waals surface area contributed by atoms with Crippen LogP contribution in [0.1, 0.15) is 140 Å². The Hall–Kier alpha value is -5.67. The van der Waals surface area contributed by atoms with Crippen LogP contribution < -0.4 is 10.6 Å². The van der Waals surface area contributed by atoms with Crippen molar-refractivity contribution in [2.24, 2.45) is 5.41 Å². The Balaban J connectivity index is 0.703.